The highest BCUT2D eigenvalue weighted by Gasteiger charge is 2.32. The van der Waals surface area contributed by atoms with Gasteiger partial charge in [-0.15, -0.1) is 0 Å². The van der Waals surface area contributed by atoms with Gasteiger partial charge in [0.15, 0.2) is 23.1 Å². The average molecular weight is 361 g/mol. The molecule has 1 unspecified atom stereocenters. The van der Waals surface area contributed by atoms with Crippen molar-refractivity contribution in [2.24, 2.45) is 0 Å². The Hall–Kier alpha value is -2.57. The molecule has 1 aromatic heterocycles. The van der Waals surface area contributed by atoms with Gasteiger partial charge in [0.1, 0.15) is 5.56 Å². The maximum absolute atomic E-state index is 13.8. The Morgan fingerprint density at radius 1 is 1.38 bits per heavy atom. The fourth-order valence-corrected chi connectivity index (χ4v) is 3.32. The summed E-state index contributed by atoms with van der Waals surface area (Å²) in [6.07, 6.45) is 3.09. The number of piperidine rings is 1. The lowest BCUT2D eigenvalue weighted by atomic mass is 10.0. The van der Waals surface area contributed by atoms with Crippen LogP contribution in [0, 0.1) is 5.82 Å². The van der Waals surface area contributed by atoms with Crippen molar-refractivity contribution in [3.63, 3.8) is 0 Å². The van der Waals surface area contributed by atoms with Crippen molar-refractivity contribution < 1.29 is 18.4 Å². The quantitative estimate of drug-likeness (QED) is 0.833. The molecule has 0 radical (unpaired) electrons. The second-order valence-electron chi connectivity index (χ2n) is 6.80. The first-order valence-corrected chi connectivity index (χ1v) is 8.76. The number of anilines is 1. The van der Waals surface area contributed by atoms with E-state index < -0.39 is 5.82 Å². The van der Waals surface area contributed by atoms with Gasteiger partial charge in [0, 0.05) is 32.2 Å². The highest BCUT2D eigenvalue weighted by molar-refractivity contribution is 6.04. The first kappa shape index (κ1) is 18.2. The third kappa shape index (κ3) is 3.25. The monoisotopic (exact) mass is 361 g/mol. The number of rotatable bonds is 4. The van der Waals surface area contributed by atoms with Crippen LogP contribution >= 0.6 is 0 Å². The normalized spacial score (nSPS) is 17.3. The Balaban J connectivity index is 2.08. The van der Waals surface area contributed by atoms with Gasteiger partial charge in [-0.2, -0.15) is 0 Å². The fraction of sp³-hybridized carbons (Fsp3) is 0.474. The van der Waals surface area contributed by atoms with E-state index in [9.17, 15) is 9.18 Å². The number of methoxy groups -OCH3 is 1. The Morgan fingerprint density at radius 2 is 2.15 bits per heavy atom. The number of aromatic nitrogens is 1. The van der Waals surface area contributed by atoms with Crippen molar-refractivity contribution in [1.29, 1.82) is 0 Å². The molecule has 0 spiro atoms. The molecular formula is C19H24FN3O3. The number of amides is 1. The van der Waals surface area contributed by atoms with Crippen LogP contribution < -0.4 is 9.64 Å². The molecule has 1 atom stereocenters. The van der Waals surface area contributed by atoms with Gasteiger partial charge in [0.05, 0.1) is 7.11 Å². The summed E-state index contributed by atoms with van der Waals surface area (Å²) >= 11 is 0. The second kappa shape index (κ2) is 7.35. The van der Waals surface area contributed by atoms with Crippen LogP contribution in [-0.2, 0) is 0 Å². The third-order valence-corrected chi connectivity index (χ3v) is 4.79. The number of halogens is 1. The largest absolute Gasteiger partial charge is 0.494 e. The first-order chi connectivity index (χ1) is 12.4. The number of nitrogens with zero attached hydrogens (tertiary/aromatic N) is 3. The molecule has 3 rings (SSSR count). The van der Waals surface area contributed by atoms with Gasteiger partial charge in [0.2, 0.25) is 0 Å². The van der Waals surface area contributed by atoms with Crippen molar-refractivity contribution >= 4 is 11.7 Å². The lowest BCUT2D eigenvalue weighted by Crippen LogP contribution is -2.42. The van der Waals surface area contributed by atoms with Gasteiger partial charge in [-0.1, -0.05) is 5.16 Å². The van der Waals surface area contributed by atoms with E-state index in [0.717, 1.165) is 19.3 Å². The summed E-state index contributed by atoms with van der Waals surface area (Å²) in [6, 6.07) is 4.54. The molecule has 1 aliphatic rings. The number of hydrogen-bond donors (Lipinski definition) is 0. The number of hydrogen-bond acceptors (Lipinski definition) is 5. The van der Waals surface area contributed by atoms with Crippen LogP contribution in [-0.4, -0.2) is 49.8 Å². The molecule has 0 saturated carbocycles. The lowest BCUT2D eigenvalue weighted by Gasteiger charge is -2.33. The summed E-state index contributed by atoms with van der Waals surface area (Å²) in [7, 11) is 5.02. The molecule has 0 aliphatic carbocycles. The fourth-order valence-electron chi connectivity index (χ4n) is 3.32. The number of carbonyl (C=O) groups is 1. The van der Waals surface area contributed by atoms with Crippen molar-refractivity contribution in [3.8, 4) is 17.1 Å². The van der Waals surface area contributed by atoms with E-state index in [-0.39, 0.29) is 17.7 Å². The molecule has 6 nitrogen and oxygen atoms in total. The molecule has 26 heavy (non-hydrogen) atoms. The zero-order valence-corrected chi connectivity index (χ0v) is 15.6. The molecule has 1 amide bonds. The zero-order chi connectivity index (χ0) is 18.8. The van der Waals surface area contributed by atoms with Gasteiger partial charge in [0.25, 0.3) is 5.91 Å². The Bertz CT molecular complexity index is 803. The van der Waals surface area contributed by atoms with Crippen LogP contribution in [0.25, 0.3) is 11.3 Å². The standard InChI is InChI=1S/C19H24FN3O3/c1-12-7-5-6-10-23(12)19(24)16-17(26-21-18(16)22(2)3)13-8-9-14(20)15(11-13)25-4/h8-9,11-12H,5-7,10H2,1-4H3. The topological polar surface area (TPSA) is 58.8 Å². The number of benzene rings is 1. The van der Waals surface area contributed by atoms with E-state index in [0.29, 0.717) is 29.2 Å². The molecule has 0 N–H and O–H groups in total. The van der Waals surface area contributed by atoms with Gasteiger partial charge in [-0.05, 0) is 44.4 Å². The molecule has 0 bridgehead atoms. The maximum Gasteiger partial charge on any atom is 0.261 e. The van der Waals surface area contributed by atoms with Crippen LogP contribution in [0.3, 0.4) is 0 Å². The summed E-state index contributed by atoms with van der Waals surface area (Å²) in [4.78, 5) is 16.9. The van der Waals surface area contributed by atoms with Gasteiger partial charge in [-0.3, -0.25) is 4.79 Å². The minimum atomic E-state index is -0.471. The Labute approximate surface area is 152 Å². The molecule has 1 aromatic carbocycles. The van der Waals surface area contributed by atoms with E-state index in [1.165, 1.54) is 19.2 Å². The molecule has 1 aliphatic heterocycles. The zero-order valence-electron chi connectivity index (χ0n) is 15.6. The third-order valence-electron chi connectivity index (χ3n) is 4.79. The van der Waals surface area contributed by atoms with E-state index >= 15 is 0 Å². The summed E-state index contributed by atoms with van der Waals surface area (Å²) in [5, 5.41) is 4.08. The SMILES string of the molecule is COc1cc(-c2onc(N(C)C)c2C(=O)N2CCCCC2C)ccc1F. The van der Waals surface area contributed by atoms with Crippen molar-refractivity contribution in [1.82, 2.24) is 10.1 Å². The van der Waals surface area contributed by atoms with Gasteiger partial charge >= 0.3 is 0 Å². The molecule has 2 heterocycles. The number of ether oxygens (including phenoxy) is 1. The van der Waals surface area contributed by atoms with Crippen molar-refractivity contribution in [2.75, 3.05) is 32.6 Å². The predicted octanol–water partition coefficient (Wildman–Crippen LogP) is 3.57. The maximum atomic E-state index is 13.8. The molecule has 140 valence electrons. The summed E-state index contributed by atoms with van der Waals surface area (Å²) in [6.45, 7) is 2.77. The second-order valence-corrected chi connectivity index (χ2v) is 6.80. The van der Waals surface area contributed by atoms with Gasteiger partial charge in [-0.25, -0.2) is 4.39 Å². The van der Waals surface area contributed by atoms with E-state index in [2.05, 4.69) is 12.1 Å². The van der Waals surface area contributed by atoms with Crippen LogP contribution in [0.4, 0.5) is 10.2 Å². The summed E-state index contributed by atoms with van der Waals surface area (Å²) in [5.74, 6) is 0.303. The molecule has 7 heteroatoms. The Kier molecular flexibility index (Phi) is 5.15. The van der Waals surface area contributed by atoms with Crippen molar-refractivity contribution in [3.05, 3.63) is 29.6 Å². The van der Waals surface area contributed by atoms with Crippen molar-refractivity contribution in [2.45, 2.75) is 32.2 Å². The van der Waals surface area contributed by atoms with Crippen LogP contribution in [0.15, 0.2) is 22.7 Å². The minimum absolute atomic E-state index is 0.0926. The van der Waals surface area contributed by atoms with Crippen LogP contribution in [0.1, 0.15) is 36.5 Å². The van der Waals surface area contributed by atoms with Crippen LogP contribution in [0.5, 0.6) is 5.75 Å². The smallest absolute Gasteiger partial charge is 0.261 e. The average Bonchev–Trinajstić information content (AvgIpc) is 3.07. The van der Waals surface area contributed by atoms with E-state index in [1.54, 1.807) is 11.0 Å². The lowest BCUT2D eigenvalue weighted by molar-refractivity contribution is 0.0636. The van der Waals surface area contributed by atoms with E-state index in [1.807, 2.05) is 19.0 Å². The first-order valence-electron chi connectivity index (χ1n) is 8.76. The van der Waals surface area contributed by atoms with E-state index in [4.69, 9.17) is 9.26 Å². The molecule has 1 fully saturated rings. The molecular weight excluding hydrogens is 337 g/mol. The highest BCUT2D eigenvalue weighted by atomic mass is 19.1. The highest BCUT2D eigenvalue weighted by Crippen LogP contribution is 2.35. The summed E-state index contributed by atoms with van der Waals surface area (Å²) in [5.41, 5.74) is 0.953. The predicted molar refractivity (Wildman–Crippen MR) is 97.1 cm³/mol. The number of carbonyl (C=O) groups excluding carboxylic acids is 1. The summed E-state index contributed by atoms with van der Waals surface area (Å²) < 4.78 is 24.3. The van der Waals surface area contributed by atoms with Crippen LogP contribution in [0.2, 0.25) is 0 Å². The Morgan fingerprint density at radius 3 is 2.81 bits per heavy atom. The minimum Gasteiger partial charge on any atom is -0.494 e. The molecule has 1 saturated heterocycles. The molecule has 2 aromatic rings. The van der Waals surface area contributed by atoms with Gasteiger partial charge < -0.3 is 19.1 Å². The number of likely N-dealkylation sites (tertiary alicyclic amines) is 1.